The van der Waals surface area contributed by atoms with Crippen molar-refractivity contribution in [1.82, 2.24) is 4.98 Å². The van der Waals surface area contributed by atoms with Gasteiger partial charge in [0.1, 0.15) is 5.52 Å². The molecule has 0 spiro atoms. The molecule has 0 saturated carbocycles. The van der Waals surface area contributed by atoms with Gasteiger partial charge in [0, 0.05) is 17.0 Å². The molecule has 0 fully saturated rings. The second-order valence-corrected chi connectivity index (χ2v) is 8.08. The van der Waals surface area contributed by atoms with Crippen LogP contribution in [0.2, 0.25) is 0 Å². The Morgan fingerprint density at radius 3 is 2.61 bits per heavy atom. The Morgan fingerprint density at radius 1 is 1.00 bits per heavy atom. The van der Waals surface area contributed by atoms with Gasteiger partial charge >= 0.3 is 5.97 Å². The second-order valence-electron chi connectivity index (χ2n) is 7.15. The molecule has 0 aliphatic carbocycles. The molecule has 0 bridgehead atoms. The molecule has 0 aliphatic heterocycles. The highest BCUT2D eigenvalue weighted by Gasteiger charge is 2.16. The van der Waals surface area contributed by atoms with Crippen LogP contribution in [-0.2, 0) is 15.3 Å². The lowest BCUT2D eigenvalue weighted by Gasteiger charge is -2.10. The maximum atomic E-state index is 12.6. The summed E-state index contributed by atoms with van der Waals surface area (Å²) in [6.45, 7) is 0.998. The molecule has 1 N–H and O–H groups in total. The maximum absolute atomic E-state index is 12.6. The molecule has 3 aromatic carbocycles. The summed E-state index contributed by atoms with van der Waals surface area (Å²) in [6.07, 6.45) is 0. The molecular weight excluding hydrogens is 440 g/mol. The van der Waals surface area contributed by atoms with E-state index >= 15 is 0 Å². The van der Waals surface area contributed by atoms with Crippen LogP contribution in [-0.4, -0.2) is 29.3 Å². The average Bonchev–Trinajstić information content (AvgIpc) is 3.24. The standard InChI is InChI=1S/C25H20N2O5S/c1-16(28)17-8-6-9-19(13-17)26-23(29)14-31-24(30)20-10-3-2-7-18(20)15-33-25-27-21-11-4-5-12-22(21)32-25/h2-13H,14-15H2,1H3,(H,26,29). The van der Waals surface area contributed by atoms with Crippen molar-refractivity contribution in [2.75, 3.05) is 11.9 Å². The lowest BCUT2D eigenvalue weighted by atomic mass is 10.1. The molecule has 4 aromatic rings. The number of carbonyl (C=O) groups is 3. The molecule has 1 amide bonds. The van der Waals surface area contributed by atoms with Gasteiger partial charge in [0.2, 0.25) is 0 Å². The highest BCUT2D eigenvalue weighted by atomic mass is 32.2. The molecular formula is C25H20N2O5S. The molecule has 1 aromatic heterocycles. The van der Waals surface area contributed by atoms with Crippen LogP contribution in [0.4, 0.5) is 5.69 Å². The van der Waals surface area contributed by atoms with Crippen molar-refractivity contribution in [3.05, 3.63) is 89.5 Å². The molecule has 4 rings (SSSR count). The molecule has 7 nitrogen and oxygen atoms in total. The predicted octanol–water partition coefficient (Wildman–Crippen LogP) is 5.12. The number of nitrogens with zero attached hydrogens (tertiary/aromatic N) is 1. The highest BCUT2D eigenvalue weighted by molar-refractivity contribution is 7.98. The third-order valence-corrected chi connectivity index (χ3v) is 5.63. The molecule has 0 radical (unpaired) electrons. The normalized spacial score (nSPS) is 10.7. The fourth-order valence-electron chi connectivity index (χ4n) is 3.12. The molecule has 33 heavy (non-hydrogen) atoms. The number of aromatic nitrogens is 1. The van der Waals surface area contributed by atoms with Crippen molar-refractivity contribution in [1.29, 1.82) is 0 Å². The van der Waals surface area contributed by atoms with Gasteiger partial charge in [-0.1, -0.05) is 54.2 Å². The Kier molecular flexibility index (Phi) is 6.85. The Labute approximate surface area is 194 Å². The lowest BCUT2D eigenvalue weighted by Crippen LogP contribution is -2.21. The van der Waals surface area contributed by atoms with Crippen LogP contribution in [0.3, 0.4) is 0 Å². The minimum Gasteiger partial charge on any atom is -0.452 e. The van der Waals surface area contributed by atoms with E-state index in [9.17, 15) is 14.4 Å². The minimum absolute atomic E-state index is 0.107. The Morgan fingerprint density at radius 2 is 1.79 bits per heavy atom. The van der Waals surface area contributed by atoms with Gasteiger partial charge in [-0.15, -0.1) is 0 Å². The topological polar surface area (TPSA) is 98.5 Å². The number of para-hydroxylation sites is 2. The number of amides is 1. The number of fused-ring (bicyclic) bond motifs is 1. The largest absolute Gasteiger partial charge is 0.452 e. The van der Waals surface area contributed by atoms with Gasteiger partial charge in [0.15, 0.2) is 18.0 Å². The van der Waals surface area contributed by atoms with E-state index in [1.807, 2.05) is 36.4 Å². The number of hydrogen-bond acceptors (Lipinski definition) is 7. The van der Waals surface area contributed by atoms with E-state index < -0.39 is 18.5 Å². The summed E-state index contributed by atoms with van der Waals surface area (Å²) < 4.78 is 10.9. The summed E-state index contributed by atoms with van der Waals surface area (Å²) in [5.74, 6) is -0.758. The molecule has 0 saturated heterocycles. The first-order valence-electron chi connectivity index (χ1n) is 10.1. The first-order valence-corrected chi connectivity index (χ1v) is 11.1. The number of nitrogens with one attached hydrogen (secondary N) is 1. The number of esters is 1. The SMILES string of the molecule is CC(=O)c1cccc(NC(=O)COC(=O)c2ccccc2CSc2nc3ccccc3o2)c1. The average molecular weight is 461 g/mol. The third kappa shape index (κ3) is 5.67. The molecule has 8 heteroatoms. The molecule has 166 valence electrons. The van der Waals surface area contributed by atoms with Gasteiger partial charge in [0.25, 0.3) is 11.1 Å². The smallest absolute Gasteiger partial charge is 0.338 e. The quantitative estimate of drug-likeness (QED) is 0.221. The van der Waals surface area contributed by atoms with E-state index in [2.05, 4.69) is 10.3 Å². The first kappa shape index (κ1) is 22.3. The number of Topliss-reactive ketones (excluding diaryl/α,β-unsaturated/α-hetero) is 1. The van der Waals surface area contributed by atoms with Gasteiger partial charge in [-0.25, -0.2) is 9.78 Å². The van der Waals surface area contributed by atoms with Gasteiger partial charge < -0.3 is 14.5 Å². The zero-order chi connectivity index (χ0) is 23.2. The van der Waals surface area contributed by atoms with Crippen molar-refractivity contribution in [3.63, 3.8) is 0 Å². The number of ether oxygens (including phenoxy) is 1. The zero-order valence-electron chi connectivity index (χ0n) is 17.7. The summed E-state index contributed by atoms with van der Waals surface area (Å²) >= 11 is 1.37. The number of benzene rings is 3. The Bertz CT molecular complexity index is 1300. The second kappa shape index (κ2) is 10.1. The van der Waals surface area contributed by atoms with Crippen LogP contribution < -0.4 is 5.32 Å². The van der Waals surface area contributed by atoms with Crippen molar-refractivity contribution in [2.45, 2.75) is 17.9 Å². The van der Waals surface area contributed by atoms with E-state index in [1.54, 1.807) is 36.4 Å². The highest BCUT2D eigenvalue weighted by Crippen LogP contribution is 2.27. The van der Waals surface area contributed by atoms with Gasteiger partial charge in [-0.05, 0) is 42.8 Å². The van der Waals surface area contributed by atoms with E-state index in [4.69, 9.17) is 9.15 Å². The summed E-state index contributed by atoms with van der Waals surface area (Å²) in [4.78, 5) is 40.7. The maximum Gasteiger partial charge on any atom is 0.338 e. The number of ketones is 1. The van der Waals surface area contributed by atoms with Gasteiger partial charge in [-0.2, -0.15) is 0 Å². The fraction of sp³-hybridized carbons (Fsp3) is 0.120. The summed E-state index contributed by atoms with van der Waals surface area (Å²) in [7, 11) is 0. The van der Waals surface area contributed by atoms with Crippen molar-refractivity contribution in [2.24, 2.45) is 0 Å². The molecule has 0 atom stereocenters. The van der Waals surface area contributed by atoms with Crippen LogP contribution in [0.15, 0.2) is 82.4 Å². The number of oxazole rings is 1. The molecule has 1 heterocycles. The van der Waals surface area contributed by atoms with Crippen molar-refractivity contribution < 1.29 is 23.5 Å². The zero-order valence-corrected chi connectivity index (χ0v) is 18.6. The number of thioether (sulfide) groups is 1. The number of hydrogen-bond donors (Lipinski definition) is 1. The fourth-order valence-corrected chi connectivity index (χ4v) is 3.96. The Hall–Kier alpha value is -3.91. The van der Waals surface area contributed by atoms with Crippen molar-refractivity contribution >= 4 is 46.2 Å². The third-order valence-electron chi connectivity index (χ3n) is 4.75. The lowest BCUT2D eigenvalue weighted by molar-refractivity contribution is -0.119. The number of carbonyl (C=O) groups excluding carboxylic acids is 3. The number of anilines is 1. The summed E-state index contributed by atoms with van der Waals surface area (Å²) in [5, 5.41) is 3.13. The van der Waals surface area contributed by atoms with E-state index in [-0.39, 0.29) is 5.78 Å². The van der Waals surface area contributed by atoms with E-state index in [0.717, 1.165) is 11.1 Å². The van der Waals surface area contributed by atoms with Crippen LogP contribution in [0.1, 0.15) is 33.2 Å². The van der Waals surface area contributed by atoms with Crippen LogP contribution in [0.25, 0.3) is 11.1 Å². The summed E-state index contributed by atoms with van der Waals surface area (Å²) in [6, 6.07) is 21.1. The first-order chi connectivity index (χ1) is 16.0. The van der Waals surface area contributed by atoms with Gasteiger partial charge in [-0.3, -0.25) is 9.59 Å². The van der Waals surface area contributed by atoms with Crippen LogP contribution >= 0.6 is 11.8 Å². The van der Waals surface area contributed by atoms with Gasteiger partial charge in [0.05, 0.1) is 5.56 Å². The Balaban J connectivity index is 1.36. The van der Waals surface area contributed by atoms with Crippen molar-refractivity contribution in [3.8, 4) is 0 Å². The van der Waals surface area contributed by atoms with Crippen LogP contribution in [0, 0.1) is 0 Å². The van der Waals surface area contributed by atoms with E-state index in [0.29, 0.717) is 33.4 Å². The summed E-state index contributed by atoms with van der Waals surface area (Å²) in [5.41, 5.74) is 3.52. The number of rotatable bonds is 8. The molecule has 0 aliphatic rings. The van der Waals surface area contributed by atoms with E-state index in [1.165, 1.54) is 18.7 Å². The molecule has 0 unspecified atom stereocenters. The minimum atomic E-state index is -0.601. The predicted molar refractivity (Wildman–Crippen MR) is 125 cm³/mol. The monoisotopic (exact) mass is 460 g/mol. The van der Waals surface area contributed by atoms with Crippen LogP contribution in [0.5, 0.6) is 0 Å².